The Morgan fingerprint density at radius 3 is 2.42 bits per heavy atom. The van der Waals surface area contributed by atoms with Gasteiger partial charge in [-0.1, -0.05) is 24.3 Å². The molecule has 36 heavy (non-hydrogen) atoms. The van der Waals surface area contributed by atoms with Crippen molar-refractivity contribution in [3.63, 3.8) is 0 Å². The number of hydrogen-bond acceptors (Lipinski definition) is 6. The van der Waals surface area contributed by atoms with Gasteiger partial charge >= 0.3 is 0 Å². The van der Waals surface area contributed by atoms with E-state index in [1.54, 1.807) is 49.5 Å². The number of rotatable bonds is 6. The Balaban J connectivity index is 1.58. The van der Waals surface area contributed by atoms with Gasteiger partial charge in [-0.05, 0) is 47.9 Å². The average molecular weight is 485 g/mol. The Kier molecular flexibility index (Phi) is 6.12. The molecule has 0 N–H and O–H groups in total. The minimum absolute atomic E-state index is 0.0385. The Morgan fingerprint density at radius 2 is 1.72 bits per heavy atom. The lowest BCUT2D eigenvalue weighted by Crippen LogP contribution is -2.37. The number of nitro groups is 1. The summed E-state index contributed by atoms with van der Waals surface area (Å²) in [5.41, 5.74) is 4.45. The molecular weight excluding hydrogens is 460 g/mol. The quantitative estimate of drug-likeness (QED) is 0.291. The van der Waals surface area contributed by atoms with Gasteiger partial charge in [0.25, 0.3) is 11.6 Å². The molecule has 4 aromatic rings. The smallest absolute Gasteiger partial charge is 0.272 e. The Bertz CT molecular complexity index is 1450. The molecule has 1 aliphatic heterocycles. The maximum absolute atomic E-state index is 13.8. The molecule has 3 aromatic carbocycles. The first-order valence-corrected chi connectivity index (χ1v) is 11.4. The van der Waals surface area contributed by atoms with E-state index < -0.39 is 4.92 Å². The highest BCUT2D eigenvalue weighted by molar-refractivity contribution is 5.95. The summed E-state index contributed by atoms with van der Waals surface area (Å²) in [6, 6.07) is 21.2. The van der Waals surface area contributed by atoms with E-state index >= 15 is 0 Å². The first kappa shape index (κ1) is 23.1. The van der Waals surface area contributed by atoms with Gasteiger partial charge in [0.05, 0.1) is 30.5 Å². The van der Waals surface area contributed by atoms with E-state index in [9.17, 15) is 14.9 Å². The second kappa shape index (κ2) is 9.53. The zero-order valence-corrected chi connectivity index (χ0v) is 19.9. The third-order valence-electron chi connectivity index (χ3n) is 6.34. The van der Waals surface area contributed by atoms with Crippen molar-refractivity contribution < 1.29 is 19.2 Å². The zero-order valence-electron chi connectivity index (χ0n) is 19.9. The van der Waals surface area contributed by atoms with E-state index in [4.69, 9.17) is 14.6 Å². The molecule has 0 spiro atoms. The minimum Gasteiger partial charge on any atom is -0.497 e. The number of amides is 1. The van der Waals surface area contributed by atoms with Crippen LogP contribution in [0.1, 0.15) is 21.6 Å². The van der Waals surface area contributed by atoms with Gasteiger partial charge in [0.2, 0.25) is 0 Å². The predicted octanol–water partition coefficient (Wildman–Crippen LogP) is 4.66. The van der Waals surface area contributed by atoms with E-state index in [1.807, 2.05) is 24.3 Å². The number of non-ortho nitro benzene ring substituents is 1. The summed E-state index contributed by atoms with van der Waals surface area (Å²) in [5.74, 6) is 1.01. The Morgan fingerprint density at radius 1 is 0.972 bits per heavy atom. The molecule has 1 aliphatic rings. The fourth-order valence-electron chi connectivity index (χ4n) is 4.42. The molecule has 0 unspecified atom stereocenters. The van der Waals surface area contributed by atoms with Crippen molar-refractivity contribution >= 4 is 11.6 Å². The number of fused-ring (bicyclic) bond motifs is 1. The highest BCUT2D eigenvalue weighted by Crippen LogP contribution is 2.34. The first-order valence-electron chi connectivity index (χ1n) is 11.4. The van der Waals surface area contributed by atoms with Crippen LogP contribution in [0.4, 0.5) is 5.69 Å². The summed E-state index contributed by atoms with van der Waals surface area (Å²) in [6.45, 7) is 1.09. The molecule has 0 radical (unpaired) electrons. The lowest BCUT2D eigenvalue weighted by Gasteiger charge is -2.29. The summed E-state index contributed by atoms with van der Waals surface area (Å²) in [6.07, 6.45) is 0.771. The molecule has 0 atom stereocenters. The van der Waals surface area contributed by atoms with Gasteiger partial charge in [0.1, 0.15) is 17.2 Å². The van der Waals surface area contributed by atoms with Crippen LogP contribution in [-0.2, 0) is 13.0 Å². The van der Waals surface area contributed by atoms with Crippen LogP contribution in [0.15, 0.2) is 72.8 Å². The number of aromatic nitrogens is 2. The van der Waals surface area contributed by atoms with Gasteiger partial charge in [-0.2, -0.15) is 5.10 Å². The van der Waals surface area contributed by atoms with Crippen LogP contribution in [-0.4, -0.2) is 46.3 Å². The molecule has 1 aromatic heterocycles. The van der Waals surface area contributed by atoms with Crippen molar-refractivity contribution in [2.45, 2.75) is 13.0 Å². The fraction of sp³-hybridized carbons (Fsp3) is 0.185. The topological polar surface area (TPSA) is 99.7 Å². The molecule has 182 valence electrons. The summed E-state index contributed by atoms with van der Waals surface area (Å²) in [5, 5.41) is 15.9. The lowest BCUT2D eigenvalue weighted by molar-refractivity contribution is -0.384. The second-order valence-electron chi connectivity index (χ2n) is 8.41. The van der Waals surface area contributed by atoms with Crippen molar-refractivity contribution in [3.8, 4) is 28.4 Å². The predicted molar refractivity (Wildman–Crippen MR) is 134 cm³/mol. The number of ether oxygens (including phenoxy) is 2. The van der Waals surface area contributed by atoms with Crippen molar-refractivity contribution in [3.05, 3.63) is 99.7 Å². The maximum atomic E-state index is 13.8. The van der Waals surface area contributed by atoms with Gasteiger partial charge < -0.3 is 14.4 Å². The molecule has 0 saturated carbocycles. The molecule has 0 bridgehead atoms. The average Bonchev–Trinajstić information content (AvgIpc) is 3.37. The highest BCUT2D eigenvalue weighted by Gasteiger charge is 2.27. The third-order valence-corrected chi connectivity index (χ3v) is 6.34. The zero-order chi connectivity index (χ0) is 25.2. The molecule has 2 heterocycles. The Labute approximate surface area is 207 Å². The van der Waals surface area contributed by atoms with Gasteiger partial charge in [0, 0.05) is 36.9 Å². The monoisotopic (exact) mass is 484 g/mol. The lowest BCUT2D eigenvalue weighted by atomic mass is 9.99. The normalized spacial score (nSPS) is 12.7. The summed E-state index contributed by atoms with van der Waals surface area (Å²) >= 11 is 0. The minimum atomic E-state index is -0.461. The number of hydrogen-bond donors (Lipinski definition) is 0. The van der Waals surface area contributed by atoms with E-state index in [2.05, 4.69) is 6.07 Å². The molecule has 0 saturated heterocycles. The molecule has 0 fully saturated rings. The Hall–Kier alpha value is -4.66. The van der Waals surface area contributed by atoms with Gasteiger partial charge in [-0.25, -0.2) is 4.68 Å². The summed E-state index contributed by atoms with van der Waals surface area (Å²) in [7, 11) is 3.13. The van der Waals surface area contributed by atoms with Crippen molar-refractivity contribution in [2.75, 3.05) is 20.8 Å². The summed E-state index contributed by atoms with van der Waals surface area (Å²) in [4.78, 5) is 26.3. The van der Waals surface area contributed by atoms with Crippen molar-refractivity contribution in [1.29, 1.82) is 0 Å². The number of carbonyl (C=O) groups is 1. The van der Waals surface area contributed by atoms with Crippen LogP contribution in [0.2, 0.25) is 0 Å². The number of nitro benzene ring substituents is 1. The van der Waals surface area contributed by atoms with Crippen molar-refractivity contribution in [2.24, 2.45) is 0 Å². The van der Waals surface area contributed by atoms with Gasteiger partial charge in [-0.3, -0.25) is 14.9 Å². The number of carbonyl (C=O) groups excluding carboxylic acids is 1. The standard InChI is InChI=1S/C27H24N4O5/c1-35-22-11-12-23(26(15-22)36-2)24-16-25(30(28-24)20-7-9-21(10-8-20)31(33)34)27(32)29-14-13-18-5-3-4-6-19(18)17-29/h3-12,15-16H,13-14,17H2,1-2H3. The fourth-order valence-corrected chi connectivity index (χ4v) is 4.42. The molecule has 1 amide bonds. The molecular formula is C27H24N4O5. The van der Waals surface area contributed by atoms with E-state index in [0.29, 0.717) is 47.2 Å². The van der Waals surface area contributed by atoms with Gasteiger partial charge in [0.15, 0.2) is 0 Å². The second-order valence-corrected chi connectivity index (χ2v) is 8.41. The van der Waals surface area contributed by atoms with Crippen LogP contribution >= 0.6 is 0 Å². The van der Waals surface area contributed by atoms with Crippen LogP contribution in [0.3, 0.4) is 0 Å². The molecule has 9 heteroatoms. The SMILES string of the molecule is COc1ccc(-c2cc(C(=O)N3CCc4ccccc4C3)n(-c3ccc([N+](=O)[O-])cc3)n2)c(OC)c1. The molecule has 5 rings (SSSR count). The van der Waals surface area contributed by atoms with Crippen LogP contribution < -0.4 is 9.47 Å². The van der Waals surface area contributed by atoms with E-state index in [-0.39, 0.29) is 11.6 Å². The largest absolute Gasteiger partial charge is 0.497 e. The molecule has 0 aliphatic carbocycles. The van der Waals surface area contributed by atoms with Crippen molar-refractivity contribution in [1.82, 2.24) is 14.7 Å². The van der Waals surface area contributed by atoms with Crippen LogP contribution in [0, 0.1) is 10.1 Å². The van der Waals surface area contributed by atoms with Gasteiger partial charge in [-0.15, -0.1) is 0 Å². The number of methoxy groups -OCH3 is 2. The molecule has 9 nitrogen and oxygen atoms in total. The third kappa shape index (κ3) is 4.26. The maximum Gasteiger partial charge on any atom is 0.272 e. The van der Waals surface area contributed by atoms with Crippen LogP contribution in [0.25, 0.3) is 16.9 Å². The highest BCUT2D eigenvalue weighted by atomic mass is 16.6. The summed E-state index contributed by atoms with van der Waals surface area (Å²) < 4.78 is 12.4. The number of nitrogens with zero attached hydrogens (tertiary/aromatic N) is 4. The van der Waals surface area contributed by atoms with E-state index in [1.165, 1.54) is 22.4 Å². The first-order chi connectivity index (χ1) is 17.5. The number of benzene rings is 3. The van der Waals surface area contributed by atoms with E-state index in [0.717, 1.165) is 12.0 Å². The van der Waals surface area contributed by atoms with Crippen LogP contribution in [0.5, 0.6) is 11.5 Å².